The summed E-state index contributed by atoms with van der Waals surface area (Å²) in [5.41, 5.74) is 0. The maximum Gasteiger partial charge on any atom is 0.303 e. The van der Waals surface area contributed by atoms with Crippen molar-refractivity contribution in [1.82, 2.24) is 0 Å². The first-order valence-electron chi connectivity index (χ1n) is 12.4. The van der Waals surface area contributed by atoms with Gasteiger partial charge in [0.05, 0.1) is 6.10 Å². The number of rotatable bonds is 8. The standard InChI is InChI=1S/C24H34O15/c1-9-17(32-11(3)26)19(22-23(31-9)37-15(7)36-22)39-24-21(35-14(6)29)20(34-13(5)28)18(33-12(4)27)16(38-24)8-30-10(2)25/h9,15-24H,8H2,1-7H3/t9-,15-,16+,17-,18+,19+,20-,21+,22+,23+,24-/m0/s1. The van der Waals surface area contributed by atoms with E-state index in [2.05, 4.69) is 0 Å². The number of ether oxygens (including phenoxy) is 10. The first-order valence-corrected chi connectivity index (χ1v) is 12.4. The van der Waals surface area contributed by atoms with E-state index in [0.29, 0.717) is 0 Å². The maximum absolute atomic E-state index is 12.1. The van der Waals surface area contributed by atoms with Gasteiger partial charge in [0.15, 0.2) is 43.3 Å². The predicted molar refractivity (Wildman–Crippen MR) is 122 cm³/mol. The van der Waals surface area contributed by atoms with Gasteiger partial charge in [0.2, 0.25) is 0 Å². The minimum absolute atomic E-state index is 0.433. The Balaban J connectivity index is 2.02. The van der Waals surface area contributed by atoms with Gasteiger partial charge in [0.1, 0.15) is 24.9 Å². The molecule has 39 heavy (non-hydrogen) atoms. The van der Waals surface area contributed by atoms with Gasteiger partial charge in [-0.15, -0.1) is 0 Å². The van der Waals surface area contributed by atoms with Crippen LogP contribution < -0.4 is 0 Å². The number of fused-ring (bicyclic) bond motifs is 1. The fourth-order valence-electron chi connectivity index (χ4n) is 4.63. The summed E-state index contributed by atoms with van der Waals surface area (Å²) in [7, 11) is 0. The van der Waals surface area contributed by atoms with Crippen molar-refractivity contribution in [2.45, 2.75) is 116 Å². The minimum Gasteiger partial charge on any atom is -0.463 e. The monoisotopic (exact) mass is 562 g/mol. The zero-order chi connectivity index (χ0) is 29.0. The number of hydrogen-bond acceptors (Lipinski definition) is 15. The van der Waals surface area contributed by atoms with Crippen LogP contribution in [0.1, 0.15) is 48.5 Å². The lowest BCUT2D eigenvalue weighted by atomic mass is 9.96. The highest BCUT2D eigenvalue weighted by atomic mass is 16.8. The van der Waals surface area contributed by atoms with Crippen molar-refractivity contribution in [2.24, 2.45) is 0 Å². The van der Waals surface area contributed by atoms with E-state index in [1.807, 2.05) is 0 Å². The highest BCUT2D eigenvalue weighted by Crippen LogP contribution is 2.37. The molecular formula is C24H34O15. The number of esters is 5. The third-order valence-electron chi connectivity index (χ3n) is 5.94. The molecule has 0 N–H and O–H groups in total. The summed E-state index contributed by atoms with van der Waals surface area (Å²) < 4.78 is 56.3. The molecule has 0 aromatic rings. The molecule has 0 saturated carbocycles. The minimum atomic E-state index is -1.51. The van der Waals surface area contributed by atoms with Gasteiger partial charge in [0.25, 0.3) is 0 Å². The van der Waals surface area contributed by atoms with Crippen LogP contribution in [0, 0.1) is 0 Å². The quantitative estimate of drug-likeness (QED) is 0.282. The molecular weight excluding hydrogens is 528 g/mol. The lowest BCUT2D eigenvalue weighted by Crippen LogP contribution is -2.66. The smallest absolute Gasteiger partial charge is 0.303 e. The highest BCUT2D eigenvalue weighted by molar-refractivity contribution is 5.69. The first-order chi connectivity index (χ1) is 18.3. The maximum atomic E-state index is 12.1. The molecule has 11 atom stereocenters. The number of carbonyl (C=O) groups is 5. The molecule has 0 unspecified atom stereocenters. The fourth-order valence-corrected chi connectivity index (χ4v) is 4.63. The Morgan fingerprint density at radius 3 is 1.69 bits per heavy atom. The molecule has 3 rings (SSSR count). The molecule has 0 aromatic heterocycles. The second-order valence-corrected chi connectivity index (χ2v) is 9.26. The highest BCUT2D eigenvalue weighted by Gasteiger charge is 2.58. The van der Waals surface area contributed by atoms with Crippen LogP contribution in [0.4, 0.5) is 0 Å². The van der Waals surface area contributed by atoms with Crippen LogP contribution in [0.15, 0.2) is 0 Å². The van der Waals surface area contributed by atoms with Gasteiger partial charge in [-0.1, -0.05) is 0 Å². The van der Waals surface area contributed by atoms with Gasteiger partial charge in [0, 0.05) is 34.6 Å². The molecule has 3 aliphatic heterocycles. The van der Waals surface area contributed by atoms with Crippen LogP contribution in [0.3, 0.4) is 0 Å². The topological polar surface area (TPSA) is 178 Å². The molecule has 15 heteroatoms. The van der Waals surface area contributed by atoms with E-state index in [-0.39, 0.29) is 0 Å². The van der Waals surface area contributed by atoms with Gasteiger partial charge >= 0.3 is 29.8 Å². The van der Waals surface area contributed by atoms with Crippen LogP contribution in [0.5, 0.6) is 0 Å². The van der Waals surface area contributed by atoms with Gasteiger partial charge in [-0.25, -0.2) is 0 Å². The summed E-state index contributed by atoms with van der Waals surface area (Å²) in [5.74, 6) is -3.64. The fraction of sp³-hybridized carbons (Fsp3) is 0.792. The summed E-state index contributed by atoms with van der Waals surface area (Å²) in [6.45, 7) is 8.54. The molecule has 3 heterocycles. The number of hydrogen-bond donors (Lipinski definition) is 0. The largest absolute Gasteiger partial charge is 0.463 e. The summed E-state index contributed by atoms with van der Waals surface area (Å²) in [6.07, 6.45) is -12.3. The predicted octanol–water partition coefficient (Wildman–Crippen LogP) is -0.107. The van der Waals surface area contributed by atoms with E-state index < -0.39 is 104 Å². The molecule has 15 nitrogen and oxygen atoms in total. The molecule has 220 valence electrons. The zero-order valence-corrected chi connectivity index (χ0v) is 22.7. The van der Waals surface area contributed by atoms with Crippen molar-refractivity contribution >= 4 is 29.8 Å². The average Bonchev–Trinajstić information content (AvgIpc) is 3.17. The molecule has 0 radical (unpaired) electrons. The van der Waals surface area contributed by atoms with Gasteiger partial charge in [-0.2, -0.15) is 0 Å². The normalized spacial score (nSPS) is 37.7. The third kappa shape index (κ3) is 7.85. The molecule has 0 bridgehead atoms. The first kappa shape index (κ1) is 30.7. The molecule has 0 amide bonds. The van der Waals surface area contributed by atoms with Crippen LogP contribution >= 0.6 is 0 Å². The Morgan fingerprint density at radius 2 is 1.13 bits per heavy atom. The van der Waals surface area contributed by atoms with Crippen molar-refractivity contribution in [3.05, 3.63) is 0 Å². The van der Waals surface area contributed by atoms with Gasteiger partial charge in [-0.05, 0) is 13.8 Å². The Labute approximate surface area is 224 Å². The van der Waals surface area contributed by atoms with E-state index in [9.17, 15) is 24.0 Å². The zero-order valence-electron chi connectivity index (χ0n) is 22.7. The molecule has 3 saturated heterocycles. The van der Waals surface area contributed by atoms with Gasteiger partial charge < -0.3 is 47.4 Å². The Kier molecular flexibility index (Phi) is 10.2. The van der Waals surface area contributed by atoms with Crippen molar-refractivity contribution in [1.29, 1.82) is 0 Å². The molecule has 0 aromatic carbocycles. The Bertz CT molecular complexity index is 936. The Morgan fingerprint density at radius 1 is 0.590 bits per heavy atom. The van der Waals surface area contributed by atoms with Crippen molar-refractivity contribution in [3.8, 4) is 0 Å². The van der Waals surface area contributed by atoms with E-state index in [4.69, 9.17) is 47.4 Å². The van der Waals surface area contributed by atoms with Crippen molar-refractivity contribution < 1.29 is 71.3 Å². The lowest BCUT2D eigenvalue weighted by molar-refractivity contribution is -0.344. The second kappa shape index (κ2) is 13.0. The van der Waals surface area contributed by atoms with Crippen LogP contribution in [-0.4, -0.2) is 104 Å². The van der Waals surface area contributed by atoms with Gasteiger partial charge in [-0.3, -0.25) is 24.0 Å². The average molecular weight is 563 g/mol. The van der Waals surface area contributed by atoms with E-state index in [1.54, 1.807) is 13.8 Å². The molecule has 0 aliphatic carbocycles. The van der Waals surface area contributed by atoms with E-state index in [1.165, 1.54) is 6.92 Å². The SMILES string of the molecule is CC(=O)OC[C@H]1O[C@@H](O[C@@H]2[C@@H](OC(C)=O)[C@H](C)O[C@@H]3O[C@@H](C)O[C@@H]32)[C@H](OC(C)=O)[C@@H](OC(C)=O)[C@@H]1OC(C)=O. The number of carbonyl (C=O) groups excluding carboxylic acids is 5. The van der Waals surface area contributed by atoms with E-state index in [0.717, 1.165) is 27.7 Å². The summed E-state index contributed by atoms with van der Waals surface area (Å²) in [6, 6.07) is 0. The summed E-state index contributed by atoms with van der Waals surface area (Å²) in [5, 5.41) is 0. The van der Waals surface area contributed by atoms with Crippen molar-refractivity contribution in [2.75, 3.05) is 6.61 Å². The second-order valence-electron chi connectivity index (χ2n) is 9.26. The molecule has 3 fully saturated rings. The lowest BCUT2D eigenvalue weighted by Gasteiger charge is -2.47. The van der Waals surface area contributed by atoms with Crippen LogP contribution in [0.25, 0.3) is 0 Å². The third-order valence-corrected chi connectivity index (χ3v) is 5.94. The summed E-state index contributed by atoms with van der Waals surface area (Å²) in [4.78, 5) is 59.6. The molecule has 0 spiro atoms. The van der Waals surface area contributed by atoms with Crippen LogP contribution in [-0.2, 0) is 71.3 Å². The van der Waals surface area contributed by atoms with E-state index >= 15 is 0 Å². The Hall–Kier alpha value is -2.85. The van der Waals surface area contributed by atoms with Crippen LogP contribution in [0.2, 0.25) is 0 Å². The molecule has 3 aliphatic rings. The van der Waals surface area contributed by atoms with Crippen molar-refractivity contribution in [3.63, 3.8) is 0 Å². The summed E-state index contributed by atoms with van der Waals surface area (Å²) >= 11 is 0.